The zero-order chi connectivity index (χ0) is 17.4. The van der Waals surface area contributed by atoms with Crippen LogP contribution in [0.5, 0.6) is 0 Å². The monoisotopic (exact) mass is 318 g/mol. The summed E-state index contributed by atoms with van der Waals surface area (Å²) in [5.74, 6) is 0.365. The van der Waals surface area contributed by atoms with Crippen LogP contribution in [0.3, 0.4) is 0 Å². The Morgan fingerprint density at radius 2 is 1.42 bits per heavy atom. The molecule has 0 fully saturated rings. The average molecular weight is 318 g/mol. The van der Waals surface area contributed by atoms with Crippen molar-refractivity contribution in [3.8, 4) is 6.07 Å². The summed E-state index contributed by atoms with van der Waals surface area (Å²) < 4.78 is 6.17. The van der Waals surface area contributed by atoms with E-state index in [1.807, 2.05) is 60.7 Å². The molecule has 2 N–H and O–H groups in total. The van der Waals surface area contributed by atoms with E-state index in [4.69, 9.17) is 10.5 Å². The maximum absolute atomic E-state index is 9.94. The second kappa shape index (κ2) is 5.72. The minimum Gasteiger partial charge on any atom is -0.470 e. The lowest BCUT2D eigenvalue weighted by Crippen LogP contribution is -2.52. The minimum atomic E-state index is -0.734. The van der Waals surface area contributed by atoms with E-state index < -0.39 is 11.0 Å². The predicted molar refractivity (Wildman–Crippen MR) is 94.8 cm³/mol. The second-order valence-corrected chi connectivity index (χ2v) is 6.70. The third-order valence-electron chi connectivity index (χ3n) is 5.32. The van der Waals surface area contributed by atoms with Crippen LogP contribution < -0.4 is 5.73 Å². The van der Waals surface area contributed by atoms with E-state index in [2.05, 4.69) is 26.8 Å². The van der Waals surface area contributed by atoms with Crippen LogP contribution in [0.15, 0.2) is 72.1 Å². The van der Waals surface area contributed by atoms with Gasteiger partial charge < -0.3 is 10.5 Å². The number of ether oxygens (including phenoxy) is 1. The number of hydrogen-bond donors (Lipinski definition) is 1. The Labute approximate surface area is 143 Å². The quantitative estimate of drug-likeness (QED) is 0.926. The first-order valence-corrected chi connectivity index (χ1v) is 8.19. The highest BCUT2D eigenvalue weighted by Gasteiger charge is 2.62. The van der Waals surface area contributed by atoms with Crippen molar-refractivity contribution in [2.75, 3.05) is 0 Å². The predicted octanol–water partition coefficient (Wildman–Crippen LogP) is 4.11. The van der Waals surface area contributed by atoms with Gasteiger partial charge in [-0.1, -0.05) is 74.5 Å². The zero-order valence-electron chi connectivity index (χ0n) is 14.3. The van der Waals surface area contributed by atoms with E-state index >= 15 is 0 Å². The zero-order valence-corrected chi connectivity index (χ0v) is 14.3. The van der Waals surface area contributed by atoms with Crippen LogP contribution in [0.4, 0.5) is 0 Å². The second-order valence-electron chi connectivity index (χ2n) is 6.70. The van der Waals surface area contributed by atoms with Crippen LogP contribution in [0.1, 0.15) is 31.9 Å². The molecule has 24 heavy (non-hydrogen) atoms. The smallest absolute Gasteiger partial charge is 0.200 e. The molecule has 3 heteroatoms. The van der Waals surface area contributed by atoms with Crippen molar-refractivity contribution < 1.29 is 4.74 Å². The molecule has 0 bridgehead atoms. The first-order valence-electron chi connectivity index (χ1n) is 8.19. The van der Waals surface area contributed by atoms with Gasteiger partial charge in [0.05, 0.1) is 0 Å². The Kier molecular flexibility index (Phi) is 3.85. The fraction of sp³-hybridized carbons (Fsp3) is 0.286. The van der Waals surface area contributed by atoms with Gasteiger partial charge in [-0.2, -0.15) is 5.26 Å². The molecule has 1 unspecified atom stereocenters. The van der Waals surface area contributed by atoms with E-state index in [0.29, 0.717) is 5.57 Å². The molecular formula is C21H22N2O. The van der Waals surface area contributed by atoms with Crippen molar-refractivity contribution in [2.24, 2.45) is 11.7 Å². The third kappa shape index (κ3) is 1.96. The fourth-order valence-corrected chi connectivity index (χ4v) is 3.88. The largest absolute Gasteiger partial charge is 0.470 e. The van der Waals surface area contributed by atoms with Gasteiger partial charge >= 0.3 is 0 Å². The molecule has 3 rings (SSSR count). The summed E-state index contributed by atoms with van der Waals surface area (Å²) in [7, 11) is 0. The molecule has 1 atom stereocenters. The topological polar surface area (TPSA) is 59.0 Å². The van der Waals surface area contributed by atoms with Gasteiger partial charge in [0.2, 0.25) is 0 Å². The van der Waals surface area contributed by atoms with Crippen molar-refractivity contribution in [3.05, 3.63) is 83.2 Å². The lowest BCUT2D eigenvalue weighted by Gasteiger charge is -2.46. The molecule has 0 aliphatic carbocycles. The summed E-state index contributed by atoms with van der Waals surface area (Å²) in [4.78, 5) is 0. The summed E-state index contributed by atoms with van der Waals surface area (Å²) in [5, 5.41) is 9.94. The normalized spacial score (nSPS) is 22.3. The third-order valence-corrected chi connectivity index (χ3v) is 5.32. The van der Waals surface area contributed by atoms with Gasteiger partial charge in [-0.05, 0) is 24.0 Å². The highest BCUT2D eigenvalue weighted by molar-refractivity contribution is 5.60. The highest BCUT2D eigenvalue weighted by Crippen LogP contribution is 2.57. The molecule has 122 valence electrons. The standard InChI is InChI=1S/C21H22N2O/c1-15(2)20(3)21(16-10-6-4-7-11-16,17-12-8-5-9-13-17)18(14-22)19(23)24-20/h4-13,15H,23H2,1-3H3. The van der Waals surface area contributed by atoms with Crippen LogP contribution in [0.2, 0.25) is 0 Å². The summed E-state index contributed by atoms with van der Waals surface area (Å²) in [6.45, 7) is 6.26. The molecule has 0 spiro atoms. The molecule has 3 nitrogen and oxygen atoms in total. The van der Waals surface area contributed by atoms with Gasteiger partial charge in [-0.25, -0.2) is 0 Å². The van der Waals surface area contributed by atoms with Gasteiger partial charge in [0.1, 0.15) is 22.7 Å². The Bertz CT molecular complexity index is 763. The summed E-state index contributed by atoms with van der Waals surface area (Å²) in [6, 6.07) is 22.4. The van der Waals surface area contributed by atoms with Crippen LogP contribution in [-0.4, -0.2) is 5.60 Å². The highest BCUT2D eigenvalue weighted by atomic mass is 16.5. The molecule has 2 aromatic rings. The van der Waals surface area contributed by atoms with E-state index in [-0.39, 0.29) is 11.8 Å². The molecule has 0 saturated carbocycles. The maximum Gasteiger partial charge on any atom is 0.200 e. The molecular weight excluding hydrogens is 296 g/mol. The number of hydrogen-bond acceptors (Lipinski definition) is 3. The summed E-state index contributed by atoms with van der Waals surface area (Å²) >= 11 is 0. The first kappa shape index (κ1) is 16.1. The number of rotatable bonds is 3. The van der Waals surface area contributed by atoms with Gasteiger partial charge in [0, 0.05) is 0 Å². The number of nitrogens with two attached hydrogens (primary N) is 1. The first-order chi connectivity index (χ1) is 11.5. The van der Waals surface area contributed by atoms with Crippen LogP contribution in [-0.2, 0) is 10.2 Å². The SMILES string of the molecule is CC(C)C1(C)OC(N)=C(C#N)C1(c1ccccc1)c1ccccc1. The molecule has 1 aliphatic rings. The molecule has 0 radical (unpaired) electrons. The van der Waals surface area contributed by atoms with Crippen molar-refractivity contribution in [1.82, 2.24) is 0 Å². The molecule has 0 amide bonds. The number of benzene rings is 2. The molecule has 0 saturated heterocycles. The molecule has 2 aromatic carbocycles. The van der Waals surface area contributed by atoms with Crippen LogP contribution >= 0.6 is 0 Å². The van der Waals surface area contributed by atoms with Crippen molar-refractivity contribution in [3.63, 3.8) is 0 Å². The number of nitriles is 1. The van der Waals surface area contributed by atoms with E-state index in [1.165, 1.54) is 0 Å². The Morgan fingerprint density at radius 3 is 1.79 bits per heavy atom. The van der Waals surface area contributed by atoms with Crippen LogP contribution in [0.25, 0.3) is 0 Å². The Hall–Kier alpha value is -2.73. The number of nitrogens with zero attached hydrogens (tertiary/aromatic N) is 1. The maximum atomic E-state index is 9.94. The molecule has 0 aromatic heterocycles. The van der Waals surface area contributed by atoms with Crippen molar-refractivity contribution in [1.29, 1.82) is 5.26 Å². The Morgan fingerprint density at radius 1 is 0.958 bits per heavy atom. The van der Waals surface area contributed by atoms with Gasteiger partial charge in [-0.15, -0.1) is 0 Å². The van der Waals surface area contributed by atoms with Gasteiger partial charge in [0.15, 0.2) is 5.88 Å². The van der Waals surface area contributed by atoms with Gasteiger partial charge in [0.25, 0.3) is 0 Å². The lowest BCUT2D eigenvalue weighted by molar-refractivity contribution is -0.0344. The summed E-state index contributed by atoms with van der Waals surface area (Å²) in [6.07, 6.45) is 0. The van der Waals surface area contributed by atoms with E-state index in [1.54, 1.807) is 0 Å². The van der Waals surface area contributed by atoms with E-state index in [9.17, 15) is 5.26 Å². The molecule has 1 heterocycles. The van der Waals surface area contributed by atoms with Crippen molar-refractivity contribution >= 4 is 0 Å². The molecule has 1 aliphatic heterocycles. The van der Waals surface area contributed by atoms with Gasteiger partial charge in [-0.3, -0.25) is 0 Å². The average Bonchev–Trinajstić information content (AvgIpc) is 2.84. The minimum absolute atomic E-state index is 0.141. The fourth-order valence-electron chi connectivity index (χ4n) is 3.88. The van der Waals surface area contributed by atoms with Crippen molar-refractivity contribution in [2.45, 2.75) is 31.8 Å². The lowest BCUT2D eigenvalue weighted by atomic mass is 9.58. The van der Waals surface area contributed by atoms with E-state index in [0.717, 1.165) is 11.1 Å². The van der Waals surface area contributed by atoms with Crippen LogP contribution in [0, 0.1) is 17.2 Å². The Balaban J connectivity index is 2.45. The summed E-state index contributed by atoms with van der Waals surface area (Å²) in [5.41, 5.74) is 7.31.